The first-order chi connectivity index (χ1) is 11.1. The first-order valence-electron chi connectivity index (χ1n) is 8.13. The van der Waals surface area contributed by atoms with Gasteiger partial charge < -0.3 is 4.52 Å². The largest absolute Gasteiger partial charge is 0.338 e. The van der Waals surface area contributed by atoms with Gasteiger partial charge in [-0.2, -0.15) is 5.10 Å². The van der Waals surface area contributed by atoms with Crippen molar-refractivity contribution in [3.05, 3.63) is 29.2 Å². The molecule has 0 fully saturated rings. The van der Waals surface area contributed by atoms with Crippen LogP contribution in [0.4, 0.5) is 5.88 Å². The van der Waals surface area contributed by atoms with Gasteiger partial charge in [0.05, 0.1) is 17.9 Å². The summed E-state index contributed by atoms with van der Waals surface area (Å²) in [7, 11) is 0. The van der Waals surface area contributed by atoms with Crippen molar-refractivity contribution in [3.8, 4) is 0 Å². The maximum Gasteiger partial charge on any atom is 0.243 e. The molecule has 0 saturated heterocycles. The maximum atomic E-state index is 12.3. The molecule has 124 valence electrons. The Balaban J connectivity index is 1.65. The van der Waals surface area contributed by atoms with Crippen molar-refractivity contribution in [1.82, 2.24) is 20.3 Å². The van der Waals surface area contributed by atoms with Gasteiger partial charge in [-0.15, -0.1) is 0 Å². The lowest BCUT2D eigenvalue weighted by Gasteiger charge is -2.26. The number of nitrogens with one attached hydrogen (secondary N) is 2. The van der Waals surface area contributed by atoms with Gasteiger partial charge in [-0.1, -0.05) is 5.16 Å². The normalized spacial score (nSPS) is 18.5. The molecule has 0 aromatic carbocycles. The van der Waals surface area contributed by atoms with E-state index in [4.69, 9.17) is 4.52 Å². The second-order valence-electron chi connectivity index (χ2n) is 6.02. The molecule has 23 heavy (non-hydrogen) atoms. The van der Waals surface area contributed by atoms with Gasteiger partial charge in [0.15, 0.2) is 0 Å². The number of rotatable bonds is 5. The van der Waals surface area contributed by atoms with Crippen LogP contribution in [-0.4, -0.2) is 26.9 Å². The molecule has 0 unspecified atom stereocenters. The molecule has 2 atom stereocenters. The number of amides is 1. The van der Waals surface area contributed by atoms with Crippen LogP contribution in [0.25, 0.3) is 0 Å². The highest BCUT2D eigenvalue weighted by molar-refractivity contribution is 5.93. The fourth-order valence-electron chi connectivity index (χ4n) is 3.09. The van der Waals surface area contributed by atoms with Crippen LogP contribution in [0.3, 0.4) is 0 Å². The van der Waals surface area contributed by atoms with Crippen LogP contribution in [0, 0.1) is 6.92 Å². The highest BCUT2D eigenvalue weighted by atomic mass is 16.5. The molecule has 0 radical (unpaired) electrons. The number of carbonyl (C=O) groups is 1. The Morgan fingerprint density at radius 3 is 3.09 bits per heavy atom. The minimum Gasteiger partial charge on any atom is -0.338 e. The summed E-state index contributed by atoms with van der Waals surface area (Å²) in [6.07, 6.45) is 5.10. The highest BCUT2D eigenvalue weighted by Gasteiger charge is 2.27. The SMILES string of the molecule is CCn1ncc2c1CCC[C@H]2N[C@@H](C)C(=O)Nc1cc(C)no1. The van der Waals surface area contributed by atoms with Crippen LogP contribution in [0.2, 0.25) is 0 Å². The molecule has 2 aromatic heterocycles. The van der Waals surface area contributed by atoms with Crippen molar-refractivity contribution in [3.63, 3.8) is 0 Å². The van der Waals surface area contributed by atoms with Crippen molar-refractivity contribution in [2.75, 3.05) is 5.32 Å². The Kier molecular flexibility index (Phi) is 4.47. The molecule has 2 heterocycles. The zero-order chi connectivity index (χ0) is 16.4. The van der Waals surface area contributed by atoms with Crippen LogP contribution in [0.15, 0.2) is 16.8 Å². The summed E-state index contributed by atoms with van der Waals surface area (Å²) in [5, 5.41) is 14.4. The van der Waals surface area contributed by atoms with E-state index in [1.807, 2.05) is 24.7 Å². The van der Waals surface area contributed by atoms with Crippen LogP contribution in [-0.2, 0) is 17.8 Å². The monoisotopic (exact) mass is 317 g/mol. The molecule has 3 rings (SSSR count). The van der Waals surface area contributed by atoms with Crippen LogP contribution >= 0.6 is 0 Å². The van der Waals surface area contributed by atoms with Gasteiger partial charge in [0.2, 0.25) is 11.8 Å². The van der Waals surface area contributed by atoms with Gasteiger partial charge in [-0.05, 0) is 40.0 Å². The number of fused-ring (bicyclic) bond motifs is 1. The molecule has 0 spiro atoms. The Morgan fingerprint density at radius 1 is 1.57 bits per heavy atom. The second kappa shape index (κ2) is 6.54. The minimum atomic E-state index is -0.332. The second-order valence-corrected chi connectivity index (χ2v) is 6.02. The van der Waals surface area contributed by atoms with E-state index in [9.17, 15) is 4.79 Å². The zero-order valence-corrected chi connectivity index (χ0v) is 13.8. The third kappa shape index (κ3) is 3.29. The first kappa shape index (κ1) is 15.7. The summed E-state index contributed by atoms with van der Waals surface area (Å²) in [6.45, 7) is 6.65. The lowest BCUT2D eigenvalue weighted by Crippen LogP contribution is -2.41. The van der Waals surface area contributed by atoms with Crippen molar-refractivity contribution in [2.45, 2.75) is 58.7 Å². The standard InChI is InChI=1S/C16H23N5O2/c1-4-21-14-7-5-6-13(12(14)9-17-21)18-11(3)16(22)19-15-8-10(2)20-23-15/h8-9,11,13,18H,4-7H2,1-3H3,(H,19,22)/t11-,13+/m0/s1. The van der Waals surface area contributed by atoms with E-state index in [-0.39, 0.29) is 18.0 Å². The molecular weight excluding hydrogens is 294 g/mol. The number of hydrogen-bond donors (Lipinski definition) is 2. The molecule has 1 aliphatic rings. The molecular formula is C16H23N5O2. The fourth-order valence-corrected chi connectivity index (χ4v) is 3.09. The van der Waals surface area contributed by atoms with E-state index in [2.05, 4.69) is 27.8 Å². The van der Waals surface area contributed by atoms with Gasteiger partial charge in [0, 0.05) is 29.9 Å². The predicted molar refractivity (Wildman–Crippen MR) is 86.0 cm³/mol. The molecule has 2 N–H and O–H groups in total. The average Bonchev–Trinajstić information content (AvgIpc) is 3.13. The first-order valence-corrected chi connectivity index (χ1v) is 8.13. The average molecular weight is 317 g/mol. The van der Waals surface area contributed by atoms with E-state index in [0.29, 0.717) is 5.88 Å². The zero-order valence-electron chi connectivity index (χ0n) is 13.8. The number of carbonyl (C=O) groups excluding carboxylic acids is 1. The summed E-state index contributed by atoms with van der Waals surface area (Å²) >= 11 is 0. The van der Waals surface area contributed by atoms with E-state index in [1.165, 1.54) is 11.3 Å². The molecule has 7 nitrogen and oxygen atoms in total. The van der Waals surface area contributed by atoms with E-state index < -0.39 is 0 Å². The molecule has 0 bridgehead atoms. The molecule has 2 aromatic rings. The minimum absolute atomic E-state index is 0.129. The summed E-state index contributed by atoms with van der Waals surface area (Å²) in [5.74, 6) is 0.250. The Hall–Kier alpha value is -2.15. The van der Waals surface area contributed by atoms with Crippen molar-refractivity contribution >= 4 is 11.8 Å². The fraction of sp³-hybridized carbons (Fsp3) is 0.562. The van der Waals surface area contributed by atoms with Crippen LogP contribution < -0.4 is 10.6 Å². The van der Waals surface area contributed by atoms with E-state index in [1.54, 1.807) is 6.07 Å². The molecule has 1 aliphatic carbocycles. The highest BCUT2D eigenvalue weighted by Crippen LogP contribution is 2.30. The van der Waals surface area contributed by atoms with Gasteiger partial charge in [-0.25, -0.2) is 0 Å². The molecule has 0 aliphatic heterocycles. The smallest absolute Gasteiger partial charge is 0.243 e. The summed E-state index contributed by atoms with van der Waals surface area (Å²) in [4.78, 5) is 12.3. The van der Waals surface area contributed by atoms with Gasteiger partial charge in [-0.3, -0.25) is 20.1 Å². The maximum absolute atomic E-state index is 12.3. The summed E-state index contributed by atoms with van der Waals surface area (Å²) in [6, 6.07) is 1.53. The number of aromatic nitrogens is 3. The summed E-state index contributed by atoms with van der Waals surface area (Å²) < 4.78 is 7.07. The van der Waals surface area contributed by atoms with Gasteiger partial charge >= 0.3 is 0 Å². The third-order valence-corrected chi connectivity index (χ3v) is 4.28. The molecule has 1 amide bonds. The van der Waals surface area contributed by atoms with E-state index in [0.717, 1.165) is 31.5 Å². The number of nitrogens with zero attached hydrogens (tertiary/aromatic N) is 3. The topological polar surface area (TPSA) is 85.0 Å². The lowest BCUT2D eigenvalue weighted by atomic mass is 9.92. The number of anilines is 1. The summed E-state index contributed by atoms with van der Waals surface area (Å²) in [5.41, 5.74) is 3.24. The van der Waals surface area contributed by atoms with Crippen LogP contribution in [0.5, 0.6) is 0 Å². The van der Waals surface area contributed by atoms with Gasteiger partial charge in [0.25, 0.3) is 0 Å². The van der Waals surface area contributed by atoms with E-state index >= 15 is 0 Å². The molecule has 7 heteroatoms. The van der Waals surface area contributed by atoms with Gasteiger partial charge in [0.1, 0.15) is 0 Å². The van der Waals surface area contributed by atoms with Crippen molar-refractivity contribution in [2.24, 2.45) is 0 Å². The Morgan fingerprint density at radius 2 is 2.39 bits per heavy atom. The Labute approximate surface area is 135 Å². The number of aryl methyl sites for hydroxylation is 2. The quantitative estimate of drug-likeness (QED) is 0.883. The number of hydrogen-bond acceptors (Lipinski definition) is 5. The van der Waals surface area contributed by atoms with Crippen molar-refractivity contribution in [1.29, 1.82) is 0 Å². The third-order valence-electron chi connectivity index (χ3n) is 4.28. The van der Waals surface area contributed by atoms with Crippen molar-refractivity contribution < 1.29 is 9.32 Å². The predicted octanol–water partition coefficient (Wildman–Crippen LogP) is 2.19. The molecule has 0 saturated carbocycles. The lowest BCUT2D eigenvalue weighted by molar-refractivity contribution is -0.118. The Bertz CT molecular complexity index is 690. The van der Waals surface area contributed by atoms with Crippen LogP contribution in [0.1, 0.15) is 49.7 Å².